The summed E-state index contributed by atoms with van der Waals surface area (Å²) >= 11 is 6.42. The van der Waals surface area contributed by atoms with Gasteiger partial charge in [-0.25, -0.2) is 4.39 Å². The molecule has 1 aromatic carbocycles. The van der Waals surface area contributed by atoms with Crippen LogP contribution in [0.3, 0.4) is 0 Å². The molecule has 1 aromatic heterocycles. The van der Waals surface area contributed by atoms with Crippen molar-refractivity contribution in [3.05, 3.63) is 59.7 Å². The van der Waals surface area contributed by atoms with Crippen LogP contribution in [0.5, 0.6) is 5.75 Å². The Morgan fingerprint density at radius 2 is 2.00 bits per heavy atom. The van der Waals surface area contributed by atoms with Crippen molar-refractivity contribution < 1.29 is 9.13 Å². The number of nitrogens with zero attached hydrogens (tertiary/aromatic N) is 1. The van der Waals surface area contributed by atoms with Gasteiger partial charge in [0.05, 0.1) is 12.5 Å². The van der Waals surface area contributed by atoms with Gasteiger partial charge in [0.2, 0.25) is 0 Å². The standard InChI is InChI=1S/C15H15ClFNO/c1-10(12-7-3-4-9-18-12)15(16)14-11(17)6-5-8-13(14)19-2/h3-10,15H,1-2H3. The smallest absolute Gasteiger partial charge is 0.131 e. The summed E-state index contributed by atoms with van der Waals surface area (Å²) in [4.78, 5) is 4.26. The van der Waals surface area contributed by atoms with Crippen molar-refractivity contribution in [3.63, 3.8) is 0 Å². The van der Waals surface area contributed by atoms with Gasteiger partial charge in [0.1, 0.15) is 11.6 Å². The van der Waals surface area contributed by atoms with E-state index in [1.807, 2.05) is 25.1 Å². The molecule has 100 valence electrons. The average Bonchev–Trinajstić information content (AvgIpc) is 2.46. The topological polar surface area (TPSA) is 22.1 Å². The molecule has 0 amide bonds. The molecule has 0 N–H and O–H groups in total. The predicted octanol–water partition coefficient (Wildman–Crippen LogP) is 4.31. The Morgan fingerprint density at radius 1 is 1.21 bits per heavy atom. The van der Waals surface area contributed by atoms with E-state index < -0.39 is 5.38 Å². The number of aromatic nitrogens is 1. The zero-order valence-electron chi connectivity index (χ0n) is 10.8. The number of hydrogen-bond donors (Lipinski definition) is 0. The fourth-order valence-corrected chi connectivity index (χ4v) is 2.35. The van der Waals surface area contributed by atoms with Crippen LogP contribution in [0.2, 0.25) is 0 Å². The minimum atomic E-state index is -0.536. The molecule has 0 saturated heterocycles. The van der Waals surface area contributed by atoms with Crippen molar-refractivity contribution in [3.8, 4) is 5.75 Å². The van der Waals surface area contributed by atoms with Crippen LogP contribution in [-0.2, 0) is 0 Å². The number of pyridine rings is 1. The van der Waals surface area contributed by atoms with Crippen LogP contribution in [0.1, 0.15) is 29.5 Å². The SMILES string of the molecule is COc1cccc(F)c1C(Cl)C(C)c1ccccn1. The largest absolute Gasteiger partial charge is 0.496 e. The van der Waals surface area contributed by atoms with Crippen LogP contribution in [0.15, 0.2) is 42.6 Å². The minimum absolute atomic E-state index is 0.117. The number of halogens is 2. The number of rotatable bonds is 4. The number of ether oxygens (including phenoxy) is 1. The third-order valence-corrected chi connectivity index (χ3v) is 3.70. The molecule has 2 rings (SSSR count). The molecule has 19 heavy (non-hydrogen) atoms. The first-order chi connectivity index (χ1) is 9.15. The molecular weight excluding hydrogens is 265 g/mol. The van der Waals surface area contributed by atoms with Crippen molar-refractivity contribution in [1.82, 2.24) is 4.98 Å². The maximum atomic E-state index is 14.0. The van der Waals surface area contributed by atoms with Crippen LogP contribution >= 0.6 is 11.6 Å². The monoisotopic (exact) mass is 279 g/mol. The van der Waals surface area contributed by atoms with E-state index >= 15 is 0 Å². The summed E-state index contributed by atoms with van der Waals surface area (Å²) in [7, 11) is 1.51. The Balaban J connectivity index is 2.37. The summed E-state index contributed by atoms with van der Waals surface area (Å²) in [6, 6.07) is 10.3. The Labute approximate surface area is 117 Å². The summed E-state index contributed by atoms with van der Waals surface area (Å²) in [5.41, 5.74) is 1.21. The number of benzene rings is 1. The highest BCUT2D eigenvalue weighted by atomic mass is 35.5. The average molecular weight is 280 g/mol. The van der Waals surface area contributed by atoms with Crippen molar-refractivity contribution in [1.29, 1.82) is 0 Å². The molecule has 0 spiro atoms. The van der Waals surface area contributed by atoms with E-state index in [9.17, 15) is 4.39 Å². The molecule has 0 aliphatic carbocycles. The lowest BCUT2D eigenvalue weighted by Gasteiger charge is -2.20. The molecule has 2 nitrogen and oxygen atoms in total. The van der Waals surface area contributed by atoms with Crippen LogP contribution in [0.4, 0.5) is 4.39 Å². The number of alkyl halides is 1. The number of hydrogen-bond acceptors (Lipinski definition) is 2. The summed E-state index contributed by atoms with van der Waals surface area (Å²) in [5, 5.41) is -0.536. The molecule has 2 unspecified atom stereocenters. The first-order valence-corrected chi connectivity index (χ1v) is 6.46. The second-order valence-corrected chi connectivity index (χ2v) is 4.77. The molecule has 2 aromatic rings. The van der Waals surface area contributed by atoms with Crippen molar-refractivity contribution in [2.75, 3.05) is 7.11 Å². The lowest BCUT2D eigenvalue weighted by Crippen LogP contribution is -2.08. The first-order valence-electron chi connectivity index (χ1n) is 6.02. The highest BCUT2D eigenvalue weighted by Crippen LogP contribution is 2.40. The second-order valence-electron chi connectivity index (χ2n) is 4.30. The third-order valence-electron chi connectivity index (χ3n) is 3.10. The van der Waals surface area contributed by atoms with Gasteiger partial charge in [0.25, 0.3) is 0 Å². The van der Waals surface area contributed by atoms with E-state index in [0.717, 1.165) is 5.69 Å². The summed E-state index contributed by atoms with van der Waals surface area (Å²) in [6.45, 7) is 1.92. The lowest BCUT2D eigenvalue weighted by molar-refractivity contribution is 0.401. The maximum absolute atomic E-state index is 14.0. The second kappa shape index (κ2) is 6.02. The van der Waals surface area contributed by atoms with Gasteiger partial charge in [-0.05, 0) is 24.3 Å². The summed E-state index contributed by atoms with van der Waals surface area (Å²) in [5.74, 6) is -0.0152. The fraction of sp³-hybridized carbons (Fsp3) is 0.267. The molecule has 4 heteroatoms. The molecule has 0 aliphatic heterocycles. The Hall–Kier alpha value is -1.61. The highest BCUT2D eigenvalue weighted by molar-refractivity contribution is 6.21. The van der Waals surface area contributed by atoms with Gasteiger partial charge in [-0.1, -0.05) is 19.1 Å². The van der Waals surface area contributed by atoms with E-state index in [-0.39, 0.29) is 11.7 Å². The van der Waals surface area contributed by atoms with Gasteiger partial charge in [-0.3, -0.25) is 4.98 Å². The lowest BCUT2D eigenvalue weighted by atomic mass is 9.96. The molecule has 0 aliphatic rings. The van der Waals surface area contributed by atoms with Crippen LogP contribution in [-0.4, -0.2) is 12.1 Å². The van der Waals surface area contributed by atoms with Gasteiger partial charge in [-0.15, -0.1) is 11.6 Å². The normalized spacial score (nSPS) is 13.9. The van der Waals surface area contributed by atoms with Crippen LogP contribution < -0.4 is 4.74 Å². The Kier molecular flexibility index (Phi) is 4.38. The Bertz CT molecular complexity index is 547. The zero-order chi connectivity index (χ0) is 13.8. The number of methoxy groups -OCH3 is 1. The van der Waals surface area contributed by atoms with Crippen LogP contribution in [0, 0.1) is 5.82 Å². The van der Waals surface area contributed by atoms with E-state index in [2.05, 4.69) is 4.98 Å². The maximum Gasteiger partial charge on any atom is 0.131 e. The predicted molar refractivity (Wildman–Crippen MR) is 74.2 cm³/mol. The van der Waals surface area contributed by atoms with Gasteiger partial charge in [0.15, 0.2) is 0 Å². The first kappa shape index (κ1) is 13.8. The molecule has 2 atom stereocenters. The molecule has 0 radical (unpaired) electrons. The zero-order valence-corrected chi connectivity index (χ0v) is 11.6. The third kappa shape index (κ3) is 2.87. The van der Waals surface area contributed by atoms with E-state index in [4.69, 9.17) is 16.3 Å². The fourth-order valence-electron chi connectivity index (χ4n) is 2.01. The van der Waals surface area contributed by atoms with E-state index in [0.29, 0.717) is 11.3 Å². The van der Waals surface area contributed by atoms with Gasteiger partial charge >= 0.3 is 0 Å². The van der Waals surface area contributed by atoms with Gasteiger partial charge in [-0.2, -0.15) is 0 Å². The molecule has 0 saturated carbocycles. The summed E-state index contributed by atoms with van der Waals surface area (Å²) < 4.78 is 19.2. The summed E-state index contributed by atoms with van der Waals surface area (Å²) in [6.07, 6.45) is 1.70. The van der Waals surface area contributed by atoms with Crippen molar-refractivity contribution >= 4 is 11.6 Å². The Morgan fingerprint density at radius 3 is 2.63 bits per heavy atom. The molecular formula is C15H15ClFNO. The molecule has 0 fully saturated rings. The van der Waals surface area contributed by atoms with Gasteiger partial charge in [0, 0.05) is 23.4 Å². The molecule has 0 bridgehead atoms. The van der Waals surface area contributed by atoms with E-state index in [1.54, 1.807) is 18.3 Å². The van der Waals surface area contributed by atoms with Crippen molar-refractivity contribution in [2.24, 2.45) is 0 Å². The van der Waals surface area contributed by atoms with Crippen molar-refractivity contribution in [2.45, 2.75) is 18.2 Å². The minimum Gasteiger partial charge on any atom is -0.496 e. The quantitative estimate of drug-likeness (QED) is 0.778. The molecule has 1 heterocycles. The van der Waals surface area contributed by atoms with E-state index in [1.165, 1.54) is 13.2 Å². The highest BCUT2D eigenvalue weighted by Gasteiger charge is 2.25. The van der Waals surface area contributed by atoms with Gasteiger partial charge < -0.3 is 4.74 Å². The van der Waals surface area contributed by atoms with Crippen LogP contribution in [0.25, 0.3) is 0 Å².